The van der Waals surface area contributed by atoms with E-state index in [-0.39, 0.29) is 187 Å². The van der Waals surface area contributed by atoms with Crippen LogP contribution in [0.3, 0.4) is 0 Å². The number of carbonyl (C=O) groups excluding carboxylic acids is 13. The molecule has 0 aliphatic heterocycles. The number of benzene rings is 6. The highest BCUT2D eigenvalue weighted by Crippen LogP contribution is 2.34. The van der Waals surface area contributed by atoms with E-state index in [2.05, 4.69) is 26.6 Å². The van der Waals surface area contributed by atoms with E-state index in [0.717, 1.165) is 49.6 Å². The van der Waals surface area contributed by atoms with E-state index in [0.29, 0.717) is 55.1 Å². The number of fused-ring (bicyclic) bond motifs is 3. The highest BCUT2D eigenvalue weighted by atomic mass is 35.5. The number of nitrogens with one attached hydrogen (secondary N) is 5. The van der Waals surface area contributed by atoms with Gasteiger partial charge in [-0.2, -0.15) is 13.2 Å². The molecule has 0 bridgehead atoms. The summed E-state index contributed by atoms with van der Waals surface area (Å²) in [6.07, 6.45) is 3.37. The molecule has 12 rings (SSSR count). The van der Waals surface area contributed by atoms with Gasteiger partial charge in [0.15, 0.2) is 28.9 Å². The predicted molar refractivity (Wildman–Crippen MR) is 480 cm³/mol. The first kappa shape index (κ1) is 105. The summed E-state index contributed by atoms with van der Waals surface area (Å²) >= 11 is 17.4. The van der Waals surface area contributed by atoms with Crippen LogP contribution in [0.2, 0.25) is 15.1 Å². The quantitative estimate of drug-likeness (QED) is 0.0105. The van der Waals surface area contributed by atoms with Crippen LogP contribution in [0.4, 0.5) is 41.6 Å². The zero-order valence-corrected chi connectivity index (χ0v) is 76.3. The Morgan fingerprint density at radius 2 is 0.744 bits per heavy atom. The number of halogens is 9. The van der Waals surface area contributed by atoms with E-state index in [1.165, 1.54) is 60.9 Å². The number of aromatic nitrogens is 3. The number of alkyl halides is 3. The Morgan fingerprint density at radius 1 is 0.444 bits per heavy atom. The Morgan fingerprint density at radius 3 is 1.03 bits per heavy atom. The van der Waals surface area contributed by atoms with Crippen LogP contribution in [0.5, 0.6) is 0 Å². The lowest BCUT2D eigenvalue weighted by molar-refractivity contribution is -0.192. The van der Waals surface area contributed by atoms with E-state index in [4.69, 9.17) is 70.8 Å². The maximum absolute atomic E-state index is 14.2. The first-order valence-electron chi connectivity index (χ1n) is 41.7. The Balaban J connectivity index is 0.000000225. The van der Waals surface area contributed by atoms with E-state index >= 15 is 0 Å². The number of carboxylic acid groups (broad SMARTS) is 2. The summed E-state index contributed by atoms with van der Waals surface area (Å²) in [4.78, 5) is 185. The van der Waals surface area contributed by atoms with Crippen molar-refractivity contribution in [1.29, 1.82) is 0 Å². The van der Waals surface area contributed by atoms with Gasteiger partial charge in [0.05, 0.1) is 47.8 Å². The topological polar surface area (TPSA) is 452 Å². The first-order chi connectivity index (χ1) is 62.4. The number of amides is 8. The fourth-order valence-corrected chi connectivity index (χ4v) is 14.0. The summed E-state index contributed by atoms with van der Waals surface area (Å²) in [7, 11) is 0. The second-order valence-electron chi connectivity index (χ2n) is 33.4. The summed E-state index contributed by atoms with van der Waals surface area (Å²) in [6, 6.07) is 29.3. The molecule has 9 aromatic rings. The predicted octanol–water partition coefficient (Wildman–Crippen LogP) is 12.3. The maximum Gasteiger partial charge on any atom is 0.490 e. The standard InChI is InChI=1S/C32H36ClFN4O6.C27H28ClFN4O4.C24H24ClFN4O3.C7H13NO4.C2HF3O2/c1-19(39)25-16-37(27-11-8-20(13-24(25)27)12-23(40)15-36-31(43)44-32(2,3)4)18-29(42)38(22-9-10-22)17-28(41)35-14-21-6-5-7-26(33)30(21)34;1-16(34)22-13-32(24-8-5-17(10-21(22)24)9-20(35)11-30)15-26(37)33(19-6-7-19)14-25(36)31-12-18-3-2-4-23(28)27(18)29;1-14(31)19-11-29(21-8-5-16(27)9-18(19)21)13-23(33)30(17-6-7-17)12-22(32)28-10-15-3-2-4-20(25)24(15)26;1-7(2,3)12-6(11)8-4-5(9)10;3-2(4,5)1(6)7/h5-8,11,13,16,22H,9-10,12,14-15,17-18H2,1-4H3,(H,35,41)(H,36,43);2-5,8,10,13,19H,6-7,9,11-12,14-15,30H2,1H3,(H,31,36);2-5,8-9,11,17H,6-7,10,12-13,27H2,1H3,(H,28,32);4H2,1-3H3,(H,8,11)(H,9,10);(H,6,7). The molecule has 6 aromatic carbocycles. The molecule has 712 valence electrons. The van der Waals surface area contributed by atoms with E-state index in [1.54, 1.807) is 158 Å². The van der Waals surface area contributed by atoms with Gasteiger partial charge in [0.1, 0.15) is 54.8 Å². The highest BCUT2D eigenvalue weighted by Gasteiger charge is 2.40. The lowest BCUT2D eigenvalue weighted by Gasteiger charge is -2.22. The summed E-state index contributed by atoms with van der Waals surface area (Å²) in [6.45, 7) is 13.1. The summed E-state index contributed by atoms with van der Waals surface area (Å²) in [5.41, 5.74) is 16.1. The number of hydrogen-bond acceptors (Lipinski definition) is 19. The number of nitrogens with two attached hydrogens (primary N) is 2. The zero-order chi connectivity index (χ0) is 98.4. The lowest BCUT2D eigenvalue weighted by Crippen LogP contribution is -2.43. The van der Waals surface area contributed by atoms with Crippen molar-refractivity contribution < 1.29 is 118 Å². The SMILES string of the molecule is CC(=O)c1cn(CC(=O)N(CC(=O)NCc2cccc(Cl)c2F)C2CC2)c2ccc(CC(=O)CN)cc12.CC(=O)c1cn(CC(=O)N(CC(=O)NCc2cccc(Cl)c2F)C2CC2)c2ccc(CC(=O)CNC(=O)OC(C)(C)C)cc12.CC(=O)c1cn(CC(=O)N(CC(=O)NCc2cccc(Cl)c2F)C2CC2)c2ccc(N)cc12.CC(C)(C)OC(=O)NCC(=O)O.O=C(O)C(F)(F)F. The number of nitrogen functional groups attached to an aromatic ring is 1. The van der Waals surface area contributed by atoms with Crippen molar-refractivity contribution in [1.82, 2.24) is 55.0 Å². The number of Topliss-reactive ketones (excluding diaryl/α,β-unsaturated/α-hetero) is 5. The molecule has 11 N–H and O–H groups in total. The second kappa shape index (κ2) is 46.7. The minimum absolute atomic E-state index is 0.00379. The van der Waals surface area contributed by atoms with E-state index in [9.17, 15) is 93.5 Å². The maximum atomic E-state index is 14.2. The van der Waals surface area contributed by atoms with Gasteiger partial charge >= 0.3 is 30.3 Å². The minimum atomic E-state index is -5.08. The molecule has 3 aliphatic rings. The number of ether oxygens (including phenoxy) is 2. The van der Waals surface area contributed by atoms with Gasteiger partial charge in [-0.25, -0.2) is 27.6 Å². The molecule has 3 aromatic heterocycles. The van der Waals surface area contributed by atoms with Crippen molar-refractivity contribution in [2.75, 3.05) is 45.0 Å². The molecule has 0 atom stereocenters. The van der Waals surface area contributed by atoms with Crippen LogP contribution in [-0.4, -0.2) is 202 Å². The highest BCUT2D eigenvalue weighted by molar-refractivity contribution is 6.31. The Bertz CT molecular complexity index is 5910. The number of rotatable bonds is 33. The second-order valence-corrected chi connectivity index (χ2v) is 34.7. The average Bonchev–Trinajstić information content (AvgIpc) is 1.64. The zero-order valence-electron chi connectivity index (χ0n) is 74.1. The number of anilines is 1. The van der Waals surface area contributed by atoms with Crippen molar-refractivity contribution >= 4 is 162 Å². The largest absolute Gasteiger partial charge is 0.490 e. The number of nitrogens with zero attached hydrogens (tertiary/aromatic N) is 6. The molecular formula is C92H102Cl3F6N13O19. The van der Waals surface area contributed by atoms with Gasteiger partial charge in [0.25, 0.3) is 0 Å². The molecule has 8 amide bonds. The molecule has 0 saturated heterocycles. The molecule has 3 saturated carbocycles. The van der Waals surface area contributed by atoms with Crippen LogP contribution >= 0.6 is 34.8 Å². The smallest absolute Gasteiger partial charge is 0.480 e. The van der Waals surface area contributed by atoms with Gasteiger partial charge in [0, 0.05) is 141 Å². The summed E-state index contributed by atoms with van der Waals surface area (Å²) in [5.74, 6) is -8.48. The molecule has 133 heavy (non-hydrogen) atoms. The van der Waals surface area contributed by atoms with Crippen molar-refractivity contribution in [2.24, 2.45) is 5.73 Å². The Kier molecular flexibility index (Phi) is 37.0. The third-order valence-corrected chi connectivity index (χ3v) is 21.0. The Hall–Kier alpha value is -13.2. The van der Waals surface area contributed by atoms with Crippen LogP contribution in [0.25, 0.3) is 32.7 Å². The normalized spacial score (nSPS) is 12.7. The molecule has 0 unspecified atom stereocenters. The van der Waals surface area contributed by atoms with Crippen LogP contribution in [0.1, 0.15) is 160 Å². The average molecular weight is 1910 g/mol. The fourth-order valence-electron chi connectivity index (χ4n) is 13.4. The van der Waals surface area contributed by atoms with Crippen molar-refractivity contribution in [3.05, 3.63) is 205 Å². The number of hydrogen-bond donors (Lipinski definition) is 9. The van der Waals surface area contributed by atoms with Gasteiger partial charge in [-0.15, -0.1) is 0 Å². The van der Waals surface area contributed by atoms with Gasteiger partial charge in [-0.1, -0.05) is 83.3 Å². The van der Waals surface area contributed by atoms with Crippen LogP contribution in [0.15, 0.2) is 128 Å². The Labute approximate surface area is 774 Å². The molecule has 0 spiro atoms. The fraction of sp³-hybridized carbons (Fsp3) is 0.380. The van der Waals surface area contributed by atoms with Gasteiger partial charge < -0.3 is 86.1 Å². The molecule has 3 aliphatic carbocycles. The monoisotopic (exact) mass is 1910 g/mol. The van der Waals surface area contributed by atoms with Crippen molar-refractivity contribution in [3.63, 3.8) is 0 Å². The minimum Gasteiger partial charge on any atom is -0.480 e. The number of carboxylic acids is 2. The summed E-state index contributed by atoms with van der Waals surface area (Å²) in [5, 5.41) is 29.7. The number of aliphatic carboxylic acids is 2. The first-order valence-corrected chi connectivity index (χ1v) is 42.8. The molecule has 32 nitrogen and oxygen atoms in total. The van der Waals surface area contributed by atoms with Gasteiger partial charge in [-0.3, -0.25) is 57.5 Å². The molecule has 41 heteroatoms. The third kappa shape index (κ3) is 32.4. The van der Waals surface area contributed by atoms with Crippen LogP contribution in [0, 0.1) is 17.5 Å². The lowest BCUT2D eigenvalue weighted by atomic mass is 10.0. The van der Waals surface area contributed by atoms with Crippen molar-refractivity contribution in [2.45, 2.75) is 188 Å². The van der Waals surface area contributed by atoms with E-state index in [1.807, 2.05) is 0 Å². The number of alkyl carbamates (subject to hydrolysis) is 2. The van der Waals surface area contributed by atoms with Crippen LogP contribution in [-0.2, 0) is 110 Å². The summed E-state index contributed by atoms with van der Waals surface area (Å²) < 4.78 is 89.1. The van der Waals surface area contributed by atoms with Gasteiger partial charge in [0.2, 0.25) is 35.4 Å². The van der Waals surface area contributed by atoms with Crippen molar-refractivity contribution in [3.8, 4) is 0 Å². The third-order valence-electron chi connectivity index (χ3n) is 20.1. The molecule has 3 fully saturated rings. The van der Waals surface area contributed by atoms with Gasteiger partial charge in [-0.05, 0) is 173 Å². The van der Waals surface area contributed by atoms with Crippen LogP contribution < -0.4 is 38.1 Å². The molecule has 3 heterocycles. The molecular weight excluding hydrogens is 1810 g/mol. The number of carbonyl (C=O) groups is 15. The van der Waals surface area contributed by atoms with E-state index < -0.39 is 77.3 Å². The molecule has 0 radical (unpaired) electrons. The number of ketones is 5.